The van der Waals surface area contributed by atoms with E-state index in [9.17, 15) is 4.79 Å². The molecule has 1 atom stereocenters. The van der Waals surface area contributed by atoms with Gasteiger partial charge in [0.25, 0.3) is 0 Å². The highest BCUT2D eigenvalue weighted by Crippen LogP contribution is 2.15. The molecule has 0 saturated carbocycles. The lowest BCUT2D eigenvalue weighted by atomic mass is 9.98. The number of likely N-dealkylation sites (N-methyl/N-ethyl adjacent to an activating group) is 1. The van der Waals surface area contributed by atoms with E-state index in [1.165, 1.54) is 0 Å². The second-order valence-corrected chi connectivity index (χ2v) is 4.20. The van der Waals surface area contributed by atoms with Gasteiger partial charge in [0, 0.05) is 20.1 Å². The molecule has 4 nitrogen and oxygen atoms in total. The summed E-state index contributed by atoms with van der Waals surface area (Å²) >= 11 is 0. The maximum Gasteiger partial charge on any atom is 0.317 e. The number of nitrogens with two attached hydrogens (primary N) is 1. The molecule has 4 heteroatoms. The normalized spacial score (nSPS) is 14.5. The average molecular weight is 215 g/mol. The van der Waals surface area contributed by atoms with Crippen LogP contribution in [0, 0.1) is 0 Å². The van der Waals surface area contributed by atoms with Crippen LogP contribution in [0.15, 0.2) is 0 Å². The number of urea groups is 1. The summed E-state index contributed by atoms with van der Waals surface area (Å²) in [6.45, 7) is 7.38. The van der Waals surface area contributed by atoms with Crippen LogP contribution in [-0.4, -0.2) is 36.6 Å². The molecule has 90 valence electrons. The number of amides is 2. The fraction of sp³-hybridized carbons (Fsp3) is 0.909. The van der Waals surface area contributed by atoms with E-state index in [1.807, 2.05) is 13.8 Å². The zero-order chi connectivity index (χ0) is 11.9. The topological polar surface area (TPSA) is 58.4 Å². The van der Waals surface area contributed by atoms with E-state index in [2.05, 4.69) is 12.2 Å². The maximum absolute atomic E-state index is 11.7. The predicted octanol–water partition coefficient (Wildman–Crippen LogP) is 1.56. The largest absolute Gasteiger partial charge is 0.338 e. The van der Waals surface area contributed by atoms with Gasteiger partial charge in [-0.2, -0.15) is 0 Å². The summed E-state index contributed by atoms with van der Waals surface area (Å²) in [4.78, 5) is 13.5. The molecule has 0 aromatic heterocycles. The Morgan fingerprint density at radius 2 is 2.07 bits per heavy atom. The zero-order valence-electron chi connectivity index (χ0n) is 10.5. The lowest BCUT2D eigenvalue weighted by molar-refractivity contribution is 0.146. The SMILES string of the molecule is CCCCNC(=O)N(C)C(C)(CC)CN. The Morgan fingerprint density at radius 3 is 2.47 bits per heavy atom. The van der Waals surface area contributed by atoms with Crippen molar-refractivity contribution in [1.29, 1.82) is 0 Å². The summed E-state index contributed by atoms with van der Waals surface area (Å²) in [5.41, 5.74) is 5.45. The van der Waals surface area contributed by atoms with Gasteiger partial charge in [0.2, 0.25) is 0 Å². The molecular formula is C11H25N3O. The predicted molar refractivity (Wildman–Crippen MR) is 63.8 cm³/mol. The molecule has 0 heterocycles. The first-order valence-electron chi connectivity index (χ1n) is 5.73. The molecule has 0 aromatic carbocycles. The van der Waals surface area contributed by atoms with Crippen molar-refractivity contribution in [2.45, 2.75) is 45.6 Å². The van der Waals surface area contributed by atoms with Crippen LogP contribution in [0.5, 0.6) is 0 Å². The minimum absolute atomic E-state index is 0.0294. The van der Waals surface area contributed by atoms with E-state index < -0.39 is 0 Å². The summed E-state index contributed by atoms with van der Waals surface area (Å²) in [7, 11) is 1.80. The summed E-state index contributed by atoms with van der Waals surface area (Å²) in [6.07, 6.45) is 2.97. The molecular weight excluding hydrogens is 190 g/mol. The molecule has 0 aromatic rings. The first-order chi connectivity index (χ1) is 7.01. The molecule has 0 rings (SSSR count). The van der Waals surface area contributed by atoms with Crippen LogP contribution in [0.3, 0.4) is 0 Å². The maximum atomic E-state index is 11.7. The monoisotopic (exact) mass is 215 g/mol. The number of unbranched alkanes of at least 4 members (excludes halogenated alkanes) is 1. The van der Waals surface area contributed by atoms with Crippen LogP contribution in [0.4, 0.5) is 4.79 Å². The van der Waals surface area contributed by atoms with E-state index in [4.69, 9.17) is 5.73 Å². The average Bonchev–Trinajstić information content (AvgIpc) is 2.27. The Balaban J connectivity index is 4.17. The molecule has 0 aliphatic carbocycles. The van der Waals surface area contributed by atoms with Gasteiger partial charge in [0.1, 0.15) is 0 Å². The van der Waals surface area contributed by atoms with Crippen molar-refractivity contribution in [2.24, 2.45) is 5.73 Å². The fourth-order valence-electron chi connectivity index (χ4n) is 1.25. The third-order valence-corrected chi connectivity index (χ3v) is 3.12. The van der Waals surface area contributed by atoms with Crippen LogP contribution in [-0.2, 0) is 0 Å². The van der Waals surface area contributed by atoms with Crippen molar-refractivity contribution in [3.05, 3.63) is 0 Å². The number of carbonyl (C=O) groups is 1. The quantitative estimate of drug-likeness (QED) is 0.661. The number of carbonyl (C=O) groups excluding carboxylic acids is 1. The fourth-order valence-corrected chi connectivity index (χ4v) is 1.25. The van der Waals surface area contributed by atoms with E-state index in [1.54, 1.807) is 11.9 Å². The summed E-state index contributed by atoms with van der Waals surface area (Å²) < 4.78 is 0. The van der Waals surface area contributed by atoms with Gasteiger partial charge in [-0.15, -0.1) is 0 Å². The number of nitrogens with one attached hydrogen (secondary N) is 1. The van der Waals surface area contributed by atoms with Gasteiger partial charge in [-0.1, -0.05) is 20.3 Å². The molecule has 15 heavy (non-hydrogen) atoms. The molecule has 0 spiro atoms. The Labute approximate surface area is 93.2 Å². The first kappa shape index (κ1) is 14.2. The van der Waals surface area contributed by atoms with E-state index in [0.717, 1.165) is 25.8 Å². The Bertz CT molecular complexity index is 190. The second kappa shape index (κ2) is 6.67. The van der Waals surface area contributed by atoms with E-state index >= 15 is 0 Å². The first-order valence-corrected chi connectivity index (χ1v) is 5.73. The molecule has 0 fully saturated rings. The Kier molecular flexibility index (Phi) is 6.32. The van der Waals surface area contributed by atoms with Crippen molar-refractivity contribution in [2.75, 3.05) is 20.1 Å². The number of hydrogen-bond donors (Lipinski definition) is 2. The minimum atomic E-state index is -0.240. The van der Waals surface area contributed by atoms with Crippen molar-refractivity contribution < 1.29 is 4.79 Å². The van der Waals surface area contributed by atoms with E-state index in [0.29, 0.717) is 6.54 Å². The van der Waals surface area contributed by atoms with Crippen molar-refractivity contribution in [1.82, 2.24) is 10.2 Å². The highest BCUT2D eigenvalue weighted by Gasteiger charge is 2.28. The van der Waals surface area contributed by atoms with Crippen LogP contribution in [0.25, 0.3) is 0 Å². The van der Waals surface area contributed by atoms with Gasteiger partial charge in [0.15, 0.2) is 0 Å². The van der Waals surface area contributed by atoms with Crippen molar-refractivity contribution >= 4 is 6.03 Å². The minimum Gasteiger partial charge on any atom is -0.338 e. The summed E-state index contributed by atoms with van der Waals surface area (Å²) in [5.74, 6) is 0. The molecule has 3 N–H and O–H groups in total. The van der Waals surface area contributed by atoms with Gasteiger partial charge >= 0.3 is 6.03 Å². The highest BCUT2D eigenvalue weighted by molar-refractivity contribution is 5.74. The van der Waals surface area contributed by atoms with E-state index in [-0.39, 0.29) is 11.6 Å². The van der Waals surface area contributed by atoms with Crippen LogP contribution in [0.2, 0.25) is 0 Å². The van der Waals surface area contributed by atoms with Gasteiger partial charge < -0.3 is 16.0 Å². The second-order valence-electron chi connectivity index (χ2n) is 4.20. The summed E-state index contributed by atoms with van der Waals surface area (Å²) in [5, 5.41) is 2.89. The Morgan fingerprint density at radius 1 is 1.47 bits per heavy atom. The van der Waals surface area contributed by atoms with Crippen LogP contribution in [0.1, 0.15) is 40.0 Å². The number of hydrogen-bond acceptors (Lipinski definition) is 2. The standard InChI is InChI=1S/C11H25N3O/c1-5-7-8-13-10(15)14(4)11(3,6-2)9-12/h5-9,12H2,1-4H3,(H,13,15). The third-order valence-electron chi connectivity index (χ3n) is 3.12. The van der Waals surface area contributed by atoms with Crippen LogP contribution >= 0.6 is 0 Å². The molecule has 2 amide bonds. The van der Waals surface area contributed by atoms with Crippen molar-refractivity contribution in [3.8, 4) is 0 Å². The van der Waals surface area contributed by atoms with Crippen LogP contribution < -0.4 is 11.1 Å². The highest BCUT2D eigenvalue weighted by atomic mass is 16.2. The molecule has 0 bridgehead atoms. The van der Waals surface area contributed by atoms with Crippen molar-refractivity contribution in [3.63, 3.8) is 0 Å². The molecule has 1 unspecified atom stereocenters. The Hall–Kier alpha value is -0.770. The molecule has 0 radical (unpaired) electrons. The summed E-state index contributed by atoms with van der Waals surface area (Å²) in [6, 6.07) is -0.0294. The molecule has 0 aliphatic rings. The number of rotatable bonds is 6. The van der Waals surface area contributed by atoms with Gasteiger partial charge in [-0.25, -0.2) is 4.79 Å². The molecule has 0 aliphatic heterocycles. The van der Waals surface area contributed by atoms with Gasteiger partial charge in [-0.3, -0.25) is 0 Å². The lowest BCUT2D eigenvalue weighted by Gasteiger charge is -2.37. The number of nitrogens with zero attached hydrogens (tertiary/aromatic N) is 1. The third kappa shape index (κ3) is 4.08. The smallest absolute Gasteiger partial charge is 0.317 e. The zero-order valence-corrected chi connectivity index (χ0v) is 10.5. The van der Waals surface area contributed by atoms with Gasteiger partial charge in [0.05, 0.1) is 5.54 Å². The van der Waals surface area contributed by atoms with Gasteiger partial charge in [-0.05, 0) is 19.8 Å². The lowest BCUT2D eigenvalue weighted by Crippen LogP contribution is -2.55. The molecule has 0 saturated heterocycles.